The molecule has 0 heterocycles. The highest BCUT2D eigenvalue weighted by molar-refractivity contribution is 5.19. The highest BCUT2D eigenvalue weighted by Crippen LogP contribution is 2.29. The summed E-state index contributed by atoms with van der Waals surface area (Å²) in [5.41, 5.74) is 1.62. The third kappa shape index (κ3) is 1.50. The first kappa shape index (κ1) is 7.59. The van der Waals surface area contributed by atoms with E-state index in [4.69, 9.17) is 0 Å². The summed E-state index contributed by atoms with van der Waals surface area (Å²) >= 11 is 0. The molecule has 0 amide bonds. The van der Waals surface area contributed by atoms with E-state index >= 15 is 0 Å². The molecular weight excluding hydrogens is 120 g/mol. The zero-order valence-corrected chi connectivity index (χ0v) is 6.77. The summed E-state index contributed by atoms with van der Waals surface area (Å²) in [6.07, 6.45) is 9.61. The van der Waals surface area contributed by atoms with E-state index in [1.807, 2.05) is 0 Å². The normalized spacial score (nSPS) is 19.1. The van der Waals surface area contributed by atoms with Gasteiger partial charge in [0.1, 0.15) is 0 Å². The topological polar surface area (TPSA) is 0 Å². The van der Waals surface area contributed by atoms with Gasteiger partial charge in [0.25, 0.3) is 0 Å². The van der Waals surface area contributed by atoms with Gasteiger partial charge in [0.05, 0.1) is 0 Å². The van der Waals surface area contributed by atoms with Crippen LogP contribution in [0.15, 0.2) is 24.3 Å². The minimum atomic E-state index is 0.693. The Morgan fingerprint density at radius 1 is 1.80 bits per heavy atom. The SMILES string of the molecule is C=CC(CCC)C1=CCC1. The van der Waals surface area contributed by atoms with Gasteiger partial charge in [-0.2, -0.15) is 0 Å². The third-order valence-electron chi connectivity index (χ3n) is 2.20. The monoisotopic (exact) mass is 136 g/mol. The molecule has 0 aromatic heterocycles. The first-order valence-electron chi connectivity index (χ1n) is 4.20. The maximum atomic E-state index is 3.84. The summed E-state index contributed by atoms with van der Waals surface area (Å²) in [6, 6.07) is 0. The van der Waals surface area contributed by atoms with E-state index in [9.17, 15) is 0 Å². The van der Waals surface area contributed by atoms with Crippen LogP contribution in [0, 0.1) is 5.92 Å². The van der Waals surface area contributed by atoms with Gasteiger partial charge in [-0.05, 0) is 25.2 Å². The van der Waals surface area contributed by atoms with E-state index in [1.54, 1.807) is 5.57 Å². The van der Waals surface area contributed by atoms with Crippen molar-refractivity contribution in [1.29, 1.82) is 0 Å². The van der Waals surface area contributed by atoms with Gasteiger partial charge in [0.15, 0.2) is 0 Å². The van der Waals surface area contributed by atoms with Gasteiger partial charge in [0, 0.05) is 0 Å². The molecule has 1 unspecified atom stereocenters. The van der Waals surface area contributed by atoms with Crippen molar-refractivity contribution in [2.24, 2.45) is 5.92 Å². The van der Waals surface area contributed by atoms with Crippen molar-refractivity contribution in [2.45, 2.75) is 32.6 Å². The Balaban J connectivity index is 2.39. The molecule has 0 fully saturated rings. The first-order valence-corrected chi connectivity index (χ1v) is 4.20. The lowest BCUT2D eigenvalue weighted by molar-refractivity contribution is 0.604. The molecular formula is C10H16. The second kappa shape index (κ2) is 3.60. The molecule has 0 N–H and O–H groups in total. The summed E-state index contributed by atoms with van der Waals surface area (Å²) in [5.74, 6) is 0.693. The molecule has 0 radical (unpaired) electrons. The number of hydrogen-bond acceptors (Lipinski definition) is 0. The Kier molecular flexibility index (Phi) is 2.73. The summed E-state index contributed by atoms with van der Waals surface area (Å²) in [6.45, 7) is 6.07. The Morgan fingerprint density at radius 2 is 2.50 bits per heavy atom. The van der Waals surface area contributed by atoms with Crippen molar-refractivity contribution >= 4 is 0 Å². The van der Waals surface area contributed by atoms with E-state index in [2.05, 4.69) is 25.7 Å². The second-order valence-corrected chi connectivity index (χ2v) is 2.95. The van der Waals surface area contributed by atoms with Crippen molar-refractivity contribution in [3.05, 3.63) is 24.3 Å². The zero-order chi connectivity index (χ0) is 7.40. The van der Waals surface area contributed by atoms with Gasteiger partial charge in [-0.1, -0.05) is 31.1 Å². The predicted octanol–water partition coefficient (Wildman–Crippen LogP) is 3.31. The second-order valence-electron chi connectivity index (χ2n) is 2.95. The molecule has 1 aliphatic rings. The van der Waals surface area contributed by atoms with Crippen LogP contribution in [-0.2, 0) is 0 Å². The molecule has 1 aliphatic carbocycles. The largest absolute Gasteiger partial charge is 0.102 e. The van der Waals surface area contributed by atoms with E-state index < -0.39 is 0 Å². The van der Waals surface area contributed by atoms with Crippen LogP contribution >= 0.6 is 0 Å². The third-order valence-corrected chi connectivity index (χ3v) is 2.20. The zero-order valence-electron chi connectivity index (χ0n) is 6.77. The maximum absolute atomic E-state index is 3.84. The standard InChI is InChI=1S/C10H16/c1-3-6-9(4-2)10-7-5-8-10/h4,7,9H,2-3,5-6,8H2,1H3. The lowest BCUT2D eigenvalue weighted by Gasteiger charge is -2.21. The Labute approximate surface area is 63.6 Å². The molecule has 0 saturated heterocycles. The van der Waals surface area contributed by atoms with Crippen LogP contribution in [-0.4, -0.2) is 0 Å². The molecule has 10 heavy (non-hydrogen) atoms. The van der Waals surface area contributed by atoms with Crippen LogP contribution in [0.4, 0.5) is 0 Å². The molecule has 1 atom stereocenters. The fraction of sp³-hybridized carbons (Fsp3) is 0.600. The highest BCUT2D eigenvalue weighted by atomic mass is 14.2. The Bertz CT molecular complexity index is 142. The molecule has 56 valence electrons. The van der Waals surface area contributed by atoms with Crippen LogP contribution < -0.4 is 0 Å². The van der Waals surface area contributed by atoms with Gasteiger partial charge >= 0.3 is 0 Å². The molecule has 0 saturated carbocycles. The highest BCUT2D eigenvalue weighted by Gasteiger charge is 2.13. The fourth-order valence-corrected chi connectivity index (χ4v) is 1.41. The quantitative estimate of drug-likeness (QED) is 0.520. The van der Waals surface area contributed by atoms with Crippen molar-refractivity contribution in [2.75, 3.05) is 0 Å². The average Bonchev–Trinajstić information content (AvgIpc) is 1.83. The molecule has 0 nitrogen and oxygen atoms in total. The van der Waals surface area contributed by atoms with E-state index in [1.165, 1.54) is 25.7 Å². The van der Waals surface area contributed by atoms with E-state index in [0.29, 0.717) is 5.92 Å². The van der Waals surface area contributed by atoms with Crippen LogP contribution in [0.3, 0.4) is 0 Å². The van der Waals surface area contributed by atoms with Crippen LogP contribution in [0.1, 0.15) is 32.6 Å². The average molecular weight is 136 g/mol. The molecule has 0 spiro atoms. The van der Waals surface area contributed by atoms with Gasteiger partial charge in [-0.3, -0.25) is 0 Å². The van der Waals surface area contributed by atoms with Gasteiger partial charge in [-0.15, -0.1) is 6.58 Å². The summed E-state index contributed by atoms with van der Waals surface area (Å²) in [4.78, 5) is 0. The van der Waals surface area contributed by atoms with Crippen LogP contribution in [0.5, 0.6) is 0 Å². The van der Waals surface area contributed by atoms with Crippen molar-refractivity contribution in [3.8, 4) is 0 Å². The molecule has 0 aromatic rings. The molecule has 0 aliphatic heterocycles. The predicted molar refractivity (Wildman–Crippen MR) is 45.9 cm³/mol. The van der Waals surface area contributed by atoms with Gasteiger partial charge < -0.3 is 0 Å². The summed E-state index contributed by atoms with van der Waals surface area (Å²) in [7, 11) is 0. The molecule has 0 bridgehead atoms. The maximum Gasteiger partial charge on any atom is -0.00260 e. The Hall–Kier alpha value is -0.520. The minimum Gasteiger partial charge on any atom is -0.102 e. The molecule has 0 aromatic carbocycles. The van der Waals surface area contributed by atoms with Crippen molar-refractivity contribution in [1.82, 2.24) is 0 Å². The fourth-order valence-electron chi connectivity index (χ4n) is 1.41. The van der Waals surface area contributed by atoms with Gasteiger partial charge in [0.2, 0.25) is 0 Å². The Morgan fingerprint density at radius 3 is 2.80 bits per heavy atom. The van der Waals surface area contributed by atoms with Crippen molar-refractivity contribution in [3.63, 3.8) is 0 Å². The number of rotatable bonds is 4. The lowest BCUT2D eigenvalue weighted by atomic mass is 9.84. The first-order chi connectivity index (χ1) is 4.88. The van der Waals surface area contributed by atoms with E-state index in [0.717, 1.165) is 0 Å². The lowest BCUT2D eigenvalue weighted by Crippen LogP contribution is -2.05. The number of hydrogen-bond donors (Lipinski definition) is 0. The van der Waals surface area contributed by atoms with Gasteiger partial charge in [-0.25, -0.2) is 0 Å². The molecule has 1 rings (SSSR count). The summed E-state index contributed by atoms with van der Waals surface area (Å²) in [5, 5.41) is 0. The minimum absolute atomic E-state index is 0.693. The van der Waals surface area contributed by atoms with E-state index in [-0.39, 0.29) is 0 Å². The molecule has 0 heteroatoms. The number of allylic oxidation sites excluding steroid dienone is 3. The smallest absolute Gasteiger partial charge is 0.00260 e. The van der Waals surface area contributed by atoms with Crippen LogP contribution in [0.2, 0.25) is 0 Å². The van der Waals surface area contributed by atoms with Crippen molar-refractivity contribution < 1.29 is 0 Å². The van der Waals surface area contributed by atoms with Crippen LogP contribution in [0.25, 0.3) is 0 Å². The summed E-state index contributed by atoms with van der Waals surface area (Å²) < 4.78 is 0.